The number of halogens is 1. The Kier molecular flexibility index (Phi) is 3.27. The molecule has 0 N–H and O–H groups in total. The summed E-state index contributed by atoms with van der Waals surface area (Å²) in [6, 6.07) is 7.52. The predicted molar refractivity (Wildman–Crippen MR) is 75.5 cm³/mol. The minimum atomic E-state index is 0.779. The van der Waals surface area contributed by atoms with Crippen molar-refractivity contribution in [3.8, 4) is 0 Å². The molecule has 0 radical (unpaired) electrons. The highest BCUT2D eigenvalue weighted by Crippen LogP contribution is 2.44. The molecule has 0 spiro atoms. The van der Waals surface area contributed by atoms with Crippen molar-refractivity contribution in [2.75, 3.05) is 13.1 Å². The van der Waals surface area contributed by atoms with E-state index < -0.39 is 0 Å². The lowest BCUT2D eigenvalue weighted by Gasteiger charge is -2.33. The van der Waals surface area contributed by atoms with Crippen molar-refractivity contribution < 1.29 is 0 Å². The zero-order chi connectivity index (χ0) is 11.8. The molecule has 1 nitrogen and oxygen atoms in total. The van der Waals surface area contributed by atoms with Crippen LogP contribution in [0.2, 0.25) is 0 Å². The van der Waals surface area contributed by atoms with Crippen LogP contribution in [0.3, 0.4) is 0 Å². The van der Waals surface area contributed by atoms with Gasteiger partial charge in [-0.3, -0.25) is 4.90 Å². The van der Waals surface area contributed by atoms with Crippen LogP contribution in [0.5, 0.6) is 0 Å². The number of likely N-dealkylation sites (tertiary alicyclic amines) is 1. The molecule has 2 heteroatoms. The summed E-state index contributed by atoms with van der Waals surface area (Å²) in [5, 5.41) is 0. The summed E-state index contributed by atoms with van der Waals surface area (Å²) in [5.41, 5.74) is 3.20. The van der Waals surface area contributed by atoms with E-state index in [0.29, 0.717) is 0 Å². The summed E-state index contributed by atoms with van der Waals surface area (Å²) in [6.45, 7) is 4.87. The first-order chi connectivity index (χ1) is 8.31. The SMILES string of the molecule is CCCN1CC[C@@H]2c3c(Br)cccc3CC[C@@H]21. The maximum absolute atomic E-state index is 3.76. The van der Waals surface area contributed by atoms with Crippen LogP contribution in [0.1, 0.15) is 43.2 Å². The number of rotatable bonds is 2. The van der Waals surface area contributed by atoms with Gasteiger partial charge < -0.3 is 0 Å². The summed E-state index contributed by atoms with van der Waals surface area (Å²) >= 11 is 3.76. The zero-order valence-corrected chi connectivity index (χ0v) is 12.0. The minimum Gasteiger partial charge on any atom is -0.300 e. The van der Waals surface area contributed by atoms with Crippen molar-refractivity contribution in [2.24, 2.45) is 0 Å². The molecule has 17 heavy (non-hydrogen) atoms. The first kappa shape index (κ1) is 11.7. The van der Waals surface area contributed by atoms with Crippen LogP contribution >= 0.6 is 15.9 Å². The summed E-state index contributed by atoms with van der Waals surface area (Å²) in [6.07, 6.45) is 5.25. The lowest BCUT2D eigenvalue weighted by molar-refractivity contribution is 0.227. The molecule has 1 fully saturated rings. The maximum atomic E-state index is 3.76. The molecular weight excluding hydrogens is 274 g/mol. The molecule has 1 aromatic rings. The van der Waals surface area contributed by atoms with Crippen molar-refractivity contribution in [2.45, 2.75) is 44.6 Å². The normalized spacial score (nSPS) is 27.9. The van der Waals surface area contributed by atoms with Crippen molar-refractivity contribution in [3.05, 3.63) is 33.8 Å². The van der Waals surface area contributed by atoms with E-state index in [1.54, 1.807) is 11.1 Å². The van der Waals surface area contributed by atoms with E-state index in [4.69, 9.17) is 0 Å². The van der Waals surface area contributed by atoms with E-state index in [1.807, 2.05) is 0 Å². The molecule has 92 valence electrons. The minimum absolute atomic E-state index is 0.779. The monoisotopic (exact) mass is 293 g/mol. The van der Waals surface area contributed by atoms with Gasteiger partial charge in [0, 0.05) is 16.4 Å². The molecule has 2 atom stereocenters. The molecule has 0 amide bonds. The van der Waals surface area contributed by atoms with Gasteiger partial charge in [0.05, 0.1) is 0 Å². The molecule has 0 bridgehead atoms. The van der Waals surface area contributed by atoms with Gasteiger partial charge in [0.2, 0.25) is 0 Å². The van der Waals surface area contributed by atoms with E-state index in [0.717, 1.165) is 12.0 Å². The van der Waals surface area contributed by atoms with Gasteiger partial charge in [-0.05, 0) is 56.0 Å². The Hall–Kier alpha value is -0.340. The Morgan fingerprint density at radius 3 is 3.06 bits per heavy atom. The van der Waals surface area contributed by atoms with Gasteiger partial charge in [-0.1, -0.05) is 35.0 Å². The number of hydrogen-bond donors (Lipinski definition) is 0. The molecule has 0 unspecified atom stereocenters. The average Bonchev–Trinajstić information content (AvgIpc) is 2.73. The van der Waals surface area contributed by atoms with Crippen LogP contribution in [0.15, 0.2) is 22.7 Å². The third-order valence-corrected chi connectivity index (χ3v) is 5.09. The quantitative estimate of drug-likeness (QED) is 0.798. The molecule has 1 aliphatic carbocycles. The van der Waals surface area contributed by atoms with Crippen molar-refractivity contribution in [1.82, 2.24) is 4.90 Å². The predicted octanol–water partition coefficient (Wildman–Crippen LogP) is 3.96. The Morgan fingerprint density at radius 1 is 1.35 bits per heavy atom. The number of benzene rings is 1. The highest BCUT2D eigenvalue weighted by atomic mass is 79.9. The first-order valence-electron chi connectivity index (χ1n) is 6.82. The van der Waals surface area contributed by atoms with Gasteiger partial charge in [-0.25, -0.2) is 0 Å². The van der Waals surface area contributed by atoms with Crippen LogP contribution in [-0.2, 0) is 6.42 Å². The van der Waals surface area contributed by atoms with E-state index in [-0.39, 0.29) is 0 Å². The van der Waals surface area contributed by atoms with Gasteiger partial charge in [0.1, 0.15) is 0 Å². The van der Waals surface area contributed by atoms with Gasteiger partial charge in [0.25, 0.3) is 0 Å². The fourth-order valence-corrected chi connectivity index (χ4v) is 4.42. The highest BCUT2D eigenvalue weighted by molar-refractivity contribution is 9.10. The molecule has 1 saturated heterocycles. The van der Waals surface area contributed by atoms with Gasteiger partial charge >= 0.3 is 0 Å². The van der Waals surface area contributed by atoms with E-state index in [2.05, 4.69) is 46.0 Å². The second-order valence-electron chi connectivity index (χ2n) is 5.35. The Bertz CT molecular complexity index is 415. The third-order valence-electron chi connectivity index (χ3n) is 4.40. The van der Waals surface area contributed by atoms with E-state index in [9.17, 15) is 0 Å². The van der Waals surface area contributed by atoms with Gasteiger partial charge in [0.15, 0.2) is 0 Å². The molecular formula is C15H20BrN. The molecule has 2 aliphatic rings. The summed E-state index contributed by atoms with van der Waals surface area (Å²) in [5.74, 6) is 0.779. The molecule has 0 aromatic heterocycles. The van der Waals surface area contributed by atoms with Crippen LogP contribution < -0.4 is 0 Å². The van der Waals surface area contributed by atoms with Gasteiger partial charge in [-0.2, -0.15) is 0 Å². The third kappa shape index (κ3) is 1.96. The summed E-state index contributed by atoms with van der Waals surface area (Å²) in [7, 11) is 0. The summed E-state index contributed by atoms with van der Waals surface area (Å²) in [4.78, 5) is 2.72. The smallest absolute Gasteiger partial charge is 0.0213 e. The number of fused-ring (bicyclic) bond motifs is 3. The van der Waals surface area contributed by atoms with E-state index in [1.165, 1.54) is 43.2 Å². The second-order valence-corrected chi connectivity index (χ2v) is 6.20. The average molecular weight is 294 g/mol. The molecule has 3 rings (SSSR count). The maximum Gasteiger partial charge on any atom is 0.0213 e. The van der Waals surface area contributed by atoms with Crippen LogP contribution in [0, 0.1) is 0 Å². The topological polar surface area (TPSA) is 3.24 Å². The molecule has 0 saturated carbocycles. The Labute approximate surface area is 112 Å². The number of aryl methyl sites for hydroxylation is 1. The Morgan fingerprint density at radius 2 is 2.24 bits per heavy atom. The second kappa shape index (κ2) is 4.74. The molecule has 1 aliphatic heterocycles. The van der Waals surface area contributed by atoms with E-state index >= 15 is 0 Å². The van der Waals surface area contributed by atoms with Crippen molar-refractivity contribution >= 4 is 15.9 Å². The van der Waals surface area contributed by atoms with Crippen LogP contribution in [0.4, 0.5) is 0 Å². The molecule has 1 aromatic carbocycles. The fourth-order valence-electron chi connectivity index (χ4n) is 3.72. The largest absolute Gasteiger partial charge is 0.300 e. The van der Waals surface area contributed by atoms with Crippen LogP contribution in [0.25, 0.3) is 0 Å². The van der Waals surface area contributed by atoms with Crippen molar-refractivity contribution in [1.29, 1.82) is 0 Å². The first-order valence-corrected chi connectivity index (χ1v) is 7.62. The van der Waals surface area contributed by atoms with Gasteiger partial charge in [-0.15, -0.1) is 0 Å². The van der Waals surface area contributed by atoms with Crippen LogP contribution in [-0.4, -0.2) is 24.0 Å². The highest BCUT2D eigenvalue weighted by Gasteiger charge is 2.38. The zero-order valence-electron chi connectivity index (χ0n) is 10.5. The summed E-state index contributed by atoms with van der Waals surface area (Å²) < 4.78 is 1.34. The standard InChI is InChI=1S/C15H20BrN/c1-2-9-17-10-8-12-14(17)7-6-11-4-3-5-13(16)15(11)12/h3-5,12,14H,2,6-10H2,1H3/t12-,14-/m0/s1. The lowest BCUT2D eigenvalue weighted by Crippen LogP contribution is -2.35. The fraction of sp³-hybridized carbons (Fsp3) is 0.600. The number of nitrogens with zero attached hydrogens (tertiary/aromatic N) is 1. The van der Waals surface area contributed by atoms with Crippen molar-refractivity contribution in [3.63, 3.8) is 0 Å². The number of hydrogen-bond acceptors (Lipinski definition) is 1. The Balaban J connectivity index is 1.93. The lowest BCUT2D eigenvalue weighted by atomic mass is 9.79. The molecule has 1 heterocycles.